The van der Waals surface area contributed by atoms with E-state index in [4.69, 9.17) is 4.74 Å². The summed E-state index contributed by atoms with van der Waals surface area (Å²) in [5.41, 5.74) is 2.28. The molecule has 0 aromatic carbocycles. The minimum Gasteiger partial charge on any atom is -0.369 e. The van der Waals surface area contributed by atoms with Crippen molar-refractivity contribution in [3.63, 3.8) is 0 Å². The molecule has 6 aliphatic rings. The summed E-state index contributed by atoms with van der Waals surface area (Å²) in [5, 5.41) is 0. The molecule has 0 amide bonds. The van der Waals surface area contributed by atoms with Gasteiger partial charge in [0.1, 0.15) is 0 Å². The third kappa shape index (κ3) is 2.23. The van der Waals surface area contributed by atoms with Crippen LogP contribution in [-0.4, -0.2) is 18.0 Å². The van der Waals surface area contributed by atoms with Crippen LogP contribution in [0.15, 0.2) is 11.6 Å². The molecule has 2 nitrogen and oxygen atoms in total. The molecule has 0 aromatic rings. The topological polar surface area (TPSA) is 29.6 Å². The van der Waals surface area contributed by atoms with E-state index in [0.717, 1.165) is 5.92 Å². The third-order valence-electron chi connectivity index (χ3n) is 12.1. The van der Waals surface area contributed by atoms with Gasteiger partial charge in [0.25, 0.3) is 0 Å². The van der Waals surface area contributed by atoms with Gasteiger partial charge in [0.2, 0.25) is 0 Å². The predicted molar refractivity (Wildman–Crippen MR) is 120 cm³/mol. The van der Waals surface area contributed by atoms with Gasteiger partial charge in [0, 0.05) is 5.41 Å². The smallest absolute Gasteiger partial charge is 0.162 e. The summed E-state index contributed by atoms with van der Waals surface area (Å²) in [6.07, 6.45) is 12.2. The van der Waals surface area contributed by atoms with E-state index in [1.807, 2.05) is 0 Å². The molecule has 30 heavy (non-hydrogen) atoms. The van der Waals surface area contributed by atoms with Crippen molar-refractivity contribution in [3.8, 4) is 0 Å². The highest BCUT2D eigenvalue weighted by atomic mass is 16.6. The van der Waals surface area contributed by atoms with Gasteiger partial charge in [-0.25, -0.2) is 0 Å². The second-order valence-electron chi connectivity index (χ2n) is 13.2. The summed E-state index contributed by atoms with van der Waals surface area (Å²) in [4.78, 5) is 13.4. The number of hydrogen-bond acceptors (Lipinski definition) is 2. The van der Waals surface area contributed by atoms with E-state index in [9.17, 15) is 4.79 Å². The average molecular weight is 411 g/mol. The number of epoxide rings is 1. The Kier molecular flexibility index (Phi) is 4.02. The number of allylic oxidation sites excluding steroid dienone is 2. The standard InChI is InChI=1S/C28H42O2/c1-15(2)16(3)24-25(30-24)17(4)20-7-8-21-19-13-23(29)28-14-18(28)9-12-27(28,6)22(19)10-11-26(20,21)5/h13,15-18,20-22,24-25H,7-12,14H2,1-6H3/t16-,17+,18-,20-,21+,22+,24+,25+,26-,27-,28+/m1/s1. The molecule has 0 radical (unpaired) electrons. The van der Waals surface area contributed by atoms with E-state index in [1.165, 1.54) is 44.9 Å². The van der Waals surface area contributed by atoms with Gasteiger partial charge in [0.15, 0.2) is 5.78 Å². The lowest BCUT2D eigenvalue weighted by Gasteiger charge is -2.54. The Morgan fingerprint density at radius 3 is 2.43 bits per heavy atom. The first-order valence-electron chi connectivity index (χ1n) is 13.1. The highest BCUT2D eigenvalue weighted by Gasteiger charge is 2.76. The maximum atomic E-state index is 13.4. The normalized spacial score (nSPS) is 55.3. The maximum absolute atomic E-state index is 13.4. The highest BCUT2D eigenvalue weighted by molar-refractivity contribution is 6.00. The summed E-state index contributed by atoms with van der Waals surface area (Å²) >= 11 is 0. The highest BCUT2D eigenvalue weighted by Crippen LogP contribution is 2.79. The van der Waals surface area contributed by atoms with E-state index >= 15 is 0 Å². The zero-order valence-corrected chi connectivity index (χ0v) is 20.0. The Labute approximate surface area is 183 Å². The largest absolute Gasteiger partial charge is 0.369 e. The Morgan fingerprint density at radius 2 is 1.73 bits per heavy atom. The lowest BCUT2D eigenvalue weighted by Crippen LogP contribution is -2.50. The Bertz CT molecular complexity index is 811. The summed E-state index contributed by atoms with van der Waals surface area (Å²) in [6, 6.07) is 0. The molecule has 0 aromatic heterocycles. The first kappa shape index (κ1) is 20.0. The molecule has 0 N–H and O–H groups in total. The molecule has 0 bridgehead atoms. The molecule has 1 saturated heterocycles. The second-order valence-corrected chi connectivity index (χ2v) is 13.2. The van der Waals surface area contributed by atoms with Crippen LogP contribution >= 0.6 is 0 Å². The Balaban J connectivity index is 1.27. The Hall–Kier alpha value is -0.630. The first-order chi connectivity index (χ1) is 14.1. The molecule has 1 aliphatic heterocycles. The zero-order valence-electron chi connectivity index (χ0n) is 20.0. The third-order valence-corrected chi connectivity index (χ3v) is 12.1. The predicted octanol–water partition coefficient (Wildman–Crippen LogP) is 6.44. The van der Waals surface area contributed by atoms with Crippen molar-refractivity contribution in [2.45, 2.75) is 98.7 Å². The van der Waals surface area contributed by atoms with Gasteiger partial charge >= 0.3 is 0 Å². The van der Waals surface area contributed by atoms with Gasteiger partial charge in [-0.2, -0.15) is 0 Å². The molecule has 6 rings (SSSR count). The molecule has 5 aliphatic carbocycles. The number of rotatable bonds is 4. The molecule has 1 spiro atoms. The van der Waals surface area contributed by atoms with Crippen LogP contribution in [0, 0.1) is 57.7 Å². The van der Waals surface area contributed by atoms with E-state index in [-0.39, 0.29) is 10.8 Å². The maximum Gasteiger partial charge on any atom is 0.162 e. The van der Waals surface area contributed by atoms with Crippen LogP contribution in [0.25, 0.3) is 0 Å². The lowest BCUT2D eigenvalue weighted by molar-refractivity contribution is -0.127. The summed E-state index contributed by atoms with van der Waals surface area (Å²) < 4.78 is 6.29. The zero-order chi connectivity index (χ0) is 21.2. The fraction of sp³-hybridized carbons (Fsp3) is 0.893. The number of ether oxygens (including phenoxy) is 1. The minimum atomic E-state index is 0.0578. The quantitative estimate of drug-likeness (QED) is 0.499. The van der Waals surface area contributed by atoms with Crippen LogP contribution < -0.4 is 0 Å². The van der Waals surface area contributed by atoms with Crippen LogP contribution in [-0.2, 0) is 9.53 Å². The van der Waals surface area contributed by atoms with Crippen molar-refractivity contribution >= 4 is 5.78 Å². The van der Waals surface area contributed by atoms with E-state index in [1.54, 1.807) is 5.57 Å². The number of carbonyl (C=O) groups is 1. The number of hydrogen-bond donors (Lipinski definition) is 0. The van der Waals surface area contributed by atoms with Gasteiger partial charge in [-0.1, -0.05) is 47.1 Å². The van der Waals surface area contributed by atoms with Crippen LogP contribution in [0.2, 0.25) is 0 Å². The number of fused-ring (bicyclic) bond motifs is 4. The monoisotopic (exact) mass is 410 g/mol. The molecule has 166 valence electrons. The summed E-state index contributed by atoms with van der Waals surface area (Å²) in [7, 11) is 0. The van der Waals surface area contributed by atoms with Crippen LogP contribution in [0.1, 0.15) is 86.5 Å². The van der Waals surface area contributed by atoms with Crippen molar-refractivity contribution in [2.75, 3.05) is 0 Å². The number of carbonyl (C=O) groups excluding carboxylic acids is 1. The molecule has 1 heterocycles. The van der Waals surface area contributed by atoms with E-state index < -0.39 is 0 Å². The van der Waals surface area contributed by atoms with Crippen molar-refractivity contribution < 1.29 is 9.53 Å². The summed E-state index contributed by atoms with van der Waals surface area (Å²) in [6.45, 7) is 14.6. The van der Waals surface area contributed by atoms with Crippen LogP contribution in [0.5, 0.6) is 0 Å². The van der Waals surface area contributed by atoms with E-state index in [2.05, 4.69) is 47.6 Å². The second kappa shape index (κ2) is 6.03. The van der Waals surface area contributed by atoms with Gasteiger partial charge < -0.3 is 4.74 Å². The van der Waals surface area contributed by atoms with Crippen molar-refractivity contribution in [2.24, 2.45) is 57.7 Å². The lowest BCUT2D eigenvalue weighted by atomic mass is 9.49. The SMILES string of the molecule is CC(C)[C@@H](C)[C@@H]1O[C@H]1[C@@H](C)[C@H]1CC[C@H]2C3=CC(=O)[C@]45C[C@H]4CC[C@]5(C)[C@H]3CC[C@]12C. The molecule has 5 fully saturated rings. The van der Waals surface area contributed by atoms with Crippen molar-refractivity contribution in [3.05, 3.63) is 11.6 Å². The molecular formula is C28H42O2. The van der Waals surface area contributed by atoms with Gasteiger partial charge in [0.05, 0.1) is 12.2 Å². The van der Waals surface area contributed by atoms with Crippen LogP contribution in [0.3, 0.4) is 0 Å². The summed E-state index contributed by atoms with van der Waals surface area (Å²) in [5.74, 6) is 5.29. The fourth-order valence-electron chi connectivity index (χ4n) is 9.80. The molecule has 2 heteroatoms. The van der Waals surface area contributed by atoms with Gasteiger partial charge in [-0.15, -0.1) is 0 Å². The number of ketones is 1. The first-order valence-corrected chi connectivity index (χ1v) is 13.1. The molecule has 0 unspecified atom stereocenters. The van der Waals surface area contributed by atoms with Gasteiger partial charge in [-0.05, 0) is 103 Å². The fourth-order valence-corrected chi connectivity index (χ4v) is 9.80. The Morgan fingerprint density at radius 1 is 0.967 bits per heavy atom. The van der Waals surface area contributed by atoms with Crippen LogP contribution in [0.4, 0.5) is 0 Å². The molecule has 11 atom stereocenters. The molecular weight excluding hydrogens is 368 g/mol. The molecule has 4 saturated carbocycles. The van der Waals surface area contributed by atoms with Crippen molar-refractivity contribution in [1.82, 2.24) is 0 Å². The minimum absolute atomic E-state index is 0.0578. The van der Waals surface area contributed by atoms with E-state index in [0.29, 0.717) is 58.9 Å². The van der Waals surface area contributed by atoms with Gasteiger partial charge in [-0.3, -0.25) is 4.79 Å². The van der Waals surface area contributed by atoms with Crippen molar-refractivity contribution in [1.29, 1.82) is 0 Å². The average Bonchev–Trinajstić information content (AvgIpc) is 3.58.